The maximum absolute atomic E-state index is 12.1. The molecule has 0 aliphatic carbocycles. The number of hydrogen-bond donors (Lipinski definition) is 1. The Kier molecular flexibility index (Phi) is 5.01. The number of benzene rings is 1. The Labute approximate surface area is 120 Å². The van der Waals surface area contributed by atoms with E-state index in [0.29, 0.717) is 19.6 Å². The van der Waals surface area contributed by atoms with Gasteiger partial charge in [0.25, 0.3) is 0 Å². The molecule has 1 aliphatic rings. The van der Waals surface area contributed by atoms with Crippen LogP contribution >= 0.6 is 0 Å². The molecule has 4 heteroatoms. The van der Waals surface area contributed by atoms with Crippen molar-refractivity contribution >= 4 is 5.91 Å². The average molecular weight is 276 g/mol. The third-order valence-corrected chi connectivity index (χ3v) is 3.71. The van der Waals surface area contributed by atoms with Gasteiger partial charge in [0.2, 0.25) is 5.91 Å². The predicted molar refractivity (Wildman–Crippen MR) is 79.8 cm³/mol. The van der Waals surface area contributed by atoms with Gasteiger partial charge in [-0.3, -0.25) is 4.79 Å². The molecule has 2 N–H and O–H groups in total. The molecule has 1 amide bonds. The lowest BCUT2D eigenvalue weighted by atomic mass is 10.1. The zero-order chi connectivity index (χ0) is 14.5. The number of piperidine rings is 1. The summed E-state index contributed by atoms with van der Waals surface area (Å²) in [5, 5.41) is 0. The summed E-state index contributed by atoms with van der Waals surface area (Å²) >= 11 is 0. The minimum atomic E-state index is 0.132. The third kappa shape index (κ3) is 3.97. The highest BCUT2D eigenvalue weighted by molar-refractivity contribution is 5.76. The SMILES string of the molecule is Cc1ccc(OCCC(=O)N2CCC[C@@H](N)C2)c(C)c1. The van der Waals surface area contributed by atoms with Crippen LogP contribution in [0.4, 0.5) is 0 Å². The minimum Gasteiger partial charge on any atom is -0.493 e. The van der Waals surface area contributed by atoms with E-state index in [2.05, 4.69) is 13.0 Å². The third-order valence-electron chi connectivity index (χ3n) is 3.71. The molecular weight excluding hydrogens is 252 g/mol. The average Bonchev–Trinajstić information content (AvgIpc) is 2.41. The summed E-state index contributed by atoms with van der Waals surface area (Å²) in [6.45, 7) is 6.01. The van der Waals surface area contributed by atoms with Gasteiger partial charge < -0.3 is 15.4 Å². The Morgan fingerprint density at radius 1 is 1.45 bits per heavy atom. The first-order valence-corrected chi connectivity index (χ1v) is 7.29. The predicted octanol–water partition coefficient (Wildman–Crippen LogP) is 2.02. The van der Waals surface area contributed by atoms with Crippen LogP contribution in [0.25, 0.3) is 0 Å². The molecule has 20 heavy (non-hydrogen) atoms. The first-order chi connectivity index (χ1) is 9.56. The molecule has 2 rings (SSSR count). The number of nitrogens with zero attached hydrogens (tertiary/aromatic N) is 1. The maximum Gasteiger partial charge on any atom is 0.226 e. The zero-order valence-corrected chi connectivity index (χ0v) is 12.4. The van der Waals surface area contributed by atoms with E-state index < -0.39 is 0 Å². The smallest absolute Gasteiger partial charge is 0.226 e. The number of rotatable bonds is 4. The fraction of sp³-hybridized carbons (Fsp3) is 0.562. The molecular formula is C16H24N2O2. The Balaban J connectivity index is 1.79. The van der Waals surface area contributed by atoms with Crippen LogP contribution in [0.15, 0.2) is 18.2 Å². The maximum atomic E-state index is 12.1. The van der Waals surface area contributed by atoms with Crippen molar-refractivity contribution in [1.29, 1.82) is 0 Å². The highest BCUT2D eigenvalue weighted by Crippen LogP contribution is 2.19. The molecule has 0 radical (unpaired) electrons. The molecule has 0 saturated carbocycles. The first kappa shape index (κ1) is 14.9. The Morgan fingerprint density at radius 2 is 2.25 bits per heavy atom. The normalized spacial score (nSPS) is 18.9. The van der Waals surface area contributed by atoms with Crippen LogP contribution in [0.2, 0.25) is 0 Å². The van der Waals surface area contributed by atoms with E-state index in [1.165, 1.54) is 5.56 Å². The van der Waals surface area contributed by atoms with Crippen LogP contribution in [0.1, 0.15) is 30.4 Å². The van der Waals surface area contributed by atoms with Gasteiger partial charge in [-0.2, -0.15) is 0 Å². The lowest BCUT2D eigenvalue weighted by Gasteiger charge is -2.30. The number of aryl methyl sites for hydroxylation is 2. The van der Waals surface area contributed by atoms with E-state index in [-0.39, 0.29) is 11.9 Å². The van der Waals surface area contributed by atoms with Crippen molar-refractivity contribution in [3.63, 3.8) is 0 Å². The van der Waals surface area contributed by atoms with Crippen molar-refractivity contribution in [2.45, 2.75) is 39.2 Å². The second-order valence-electron chi connectivity index (χ2n) is 5.61. The molecule has 1 saturated heterocycles. The molecule has 4 nitrogen and oxygen atoms in total. The molecule has 1 aromatic rings. The quantitative estimate of drug-likeness (QED) is 0.915. The number of carbonyl (C=O) groups is 1. The minimum absolute atomic E-state index is 0.132. The van der Waals surface area contributed by atoms with Crippen molar-refractivity contribution in [1.82, 2.24) is 4.90 Å². The summed E-state index contributed by atoms with van der Waals surface area (Å²) in [5.74, 6) is 1.00. The molecule has 0 bridgehead atoms. The Hall–Kier alpha value is -1.55. The number of carbonyl (C=O) groups excluding carboxylic acids is 1. The molecule has 1 atom stereocenters. The molecule has 1 aliphatic heterocycles. The van der Waals surface area contributed by atoms with Crippen LogP contribution in [0.3, 0.4) is 0 Å². The van der Waals surface area contributed by atoms with E-state index in [1.807, 2.05) is 24.0 Å². The number of ether oxygens (including phenoxy) is 1. The Bertz CT molecular complexity index is 474. The lowest BCUT2D eigenvalue weighted by molar-refractivity contribution is -0.132. The molecule has 1 fully saturated rings. The van der Waals surface area contributed by atoms with Gasteiger partial charge in [-0.1, -0.05) is 17.7 Å². The molecule has 1 aromatic carbocycles. The van der Waals surface area contributed by atoms with E-state index in [0.717, 1.165) is 30.7 Å². The van der Waals surface area contributed by atoms with Gasteiger partial charge in [-0.25, -0.2) is 0 Å². The Morgan fingerprint density at radius 3 is 2.95 bits per heavy atom. The van der Waals surface area contributed by atoms with Crippen LogP contribution in [0, 0.1) is 13.8 Å². The van der Waals surface area contributed by atoms with E-state index in [1.54, 1.807) is 0 Å². The highest BCUT2D eigenvalue weighted by Gasteiger charge is 2.20. The van der Waals surface area contributed by atoms with Gasteiger partial charge in [0.1, 0.15) is 5.75 Å². The lowest BCUT2D eigenvalue weighted by Crippen LogP contribution is -2.46. The van der Waals surface area contributed by atoms with E-state index in [9.17, 15) is 4.79 Å². The van der Waals surface area contributed by atoms with Crippen LogP contribution < -0.4 is 10.5 Å². The molecule has 0 spiro atoms. The molecule has 110 valence electrons. The van der Waals surface area contributed by atoms with Crippen molar-refractivity contribution in [2.24, 2.45) is 5.73 Å². The fourth-order valence-corrected chi connectivity index (χ4v) is 2.60. The summed E-state index contributed by atoms with van der Waals surface area (Å²) in [4.78, 5) is 13.9. The largest absolute Gasteiger partial charge is 0.493 e. The summed E-state index contributed by atoms with van der Waals surface area (Å²) in [5.41, 5.74) is 8.22. The first-order valence-electron chi connectivity index (χ1n) is 7.29. The van der Waals surface area contributed by atoms with E-state index in [4.69, 9.17) is 10.5 Å². The van der Waals surface area contributed by atoms with Crippen LogP contribution in [-0.4, -0.2) is 36.5 Å². The summed E-state index contributed by atoms with van der Waals surface area (Å²) < 4.78 is 5.70. The standard InChI is InChI=1S/C16H24N2O2/c1-12-5-6-15(13(2)10-12)20-9-7-16(19)18-8-3-4-14(17)11-18/h5-6,10,14H,3-4,7-9,11,17H2,1-2H3/t14-/m1/s1. The highest BCUT2D eigenvalue weighted by atomic mass is 16.5. The summed E-state index contributed by atoms with van der Waals surface area (Å²) in [6, 6.07) is 6.20. The molecule has 1 heterocycles. The van der Waals surface area contributed by atoms with Crippen molar-refractivity contribution in [3.8, 4) is 5.75 Å². The van der Waals surface area contributed by atoms with Gasteiger partial charge in [0.15, 0.2) is 0 Å². The number of amides is 1. The van der Waals surface area contributed by atoms with Gasteiger partial charge in [-0.05, 0) is 38.3 Å². The van der Waals surface area contributed by atoms with Crippen molar-refractivity contribution < 1.29 is 9.53 Å². The van der Waals surface area contributed by atoms with Gasteiger partial charge in [0, 0.05) is 19.1 Å². The van der Waals surface area contributed by atoms with Gasteiger partial charge >= 0.3 is 0 Å². The number of nitrogens with two attached hydrogens (primary N) is 1. The van der Waals surface area contributed by atoms with Crippen LogP contribution in [0.5, 0.6) is 5.75 Å². The van der Waals surface area contributed by atoms with Crippen molar-refractivity contribution in [3.05, 3.63) is 29.3 Å². The van der Waals surface area contributed by atoms with Gasteiger partial charge in [0.05, 0.1) is 13.0 Å². The van der Waals surface area contributed by atoms with E-state index >= 15 is 0 Å². The summed E-state index contributed by atoms with van der Waals surface area (Å²) in [7, 11) is 0. The zero-order valence-electron chi connectivity index (χ0n) is 12.4. The van der Waals surface area contributed by atoms with Crippen LogP contribution in [-0.2, 0) is 4.79 Å². The topological polar surface area (TPSA) is 55.6 Å². The monoisotopic (exact) mass is 276 g/mol. The van der Waals surface area contributed by atoms with Gasteiger partial charge in [-0.15, -0.1) is 0 Å². The number of likely N-dealkylation sites (tertiary alicyclic amines) is 1. The second kappa shape index (κ2) is 6.75. The van der Waals surface area contributed by atoms with Crippen molar-refractivity contribution in [2.75, 3.05) is 19.7 Å². The molecule has 0 aromatic heterocycles. The summed E-state index contributed by atoms with van der Waals surface area (Å²) in [6.07, 6.45) is 2.44. The molecule has 0 unspecified atom stereocenters. The number of hydrogen-bond acceptors (Lipinski definition) is 3. The fourth-order valence-electron chi connectivity index (χ4n) is 2.60. The second-order valence-corrected chi connectivity index (χ2v) is 5.61.